The molecule has 0 spiro atoms. The minimum absolute atomic E-state index is 0.00827. The number of hydrogen-bond donors (Lipinski definition) is 1. The first-order valence-corrected chi connectivity index (χ1v) is 8.83. The van der Waals surface area contributed by atoms with Crippen LogP contribution in [0.4, 0.5) is 0 Å². The number of nitrogens with one attached hydrogen (secondary N) is 1. The van der Waals surface area contributed by atoms with Crippen LogP contribution in [-0.2, 0) is 11.2 Å². The first-order chi connectivity index (χ1) is 11.8. The molecule has 0 saturated heterocycles. The van der Waals surface area contributed by atoms with Gasteiger partial charge in [-0.2, -0.15) is 0 Å². The molecule has 24 heavy (non-hydrogen) atoms. The molecule has 4 rings (SSSR count). The number of aromatic nitrogens is 4. The number of fused-ring (bicyclic) bond motifs is 2. The molecule has 6 heteroatoms. The second-order valence-electron chi connectivity index (χ2n) is 7.18. The number of hydrogen-bond acceptors (Lipinski definition) is 4. The van der Waals surface area contributed by atoms with Crippen LogP contribution >= 0.6 is 0 Å². The van der Waals surface area contributed by atoms with Crippen LogP contribution in [0.5, 0.6) is 0 Å². The summed E-state index contributed by atoms with van der Waals surface area (Å²) in [6.45, 7) is 0.785. The molecular weight excluding hydrogens is 302 g/mol. The molecule has 2 aliphatic rings. The van der Waals surface area contributed by atoms with Gasteiger partial charge in [-0.15, -0.1) is 5.10 Å². The standard InChI is InChI=1S/C18H23N5O/c24-18(19-11-16-9-14-6-7-15(16)8-14)17(23-12-20-21-22-23)10-13-4-2-1-3-5-13/h1-5,12,14-17H,6-11H2,(H,19,24)/t14-,15-,16-,17-/m0/s1. The average Bonchev–Trinajstić information content (AvgIpc) is 3.36. The highest BCUT2D eigenvalue weighted by atomic mass is 16.2. The van der Waals surface area contributed by atoms with Gasteiger partial charge in [0.15, 0.2) is 0 Å². The van der Waals surface area contributed by atoms with Crippen molar-refractivity contribution in [2.24, 2.45) is 17.8 Å². The Morgan fingerprint density at radius 1 is 1.25 bits per heavy atom. The van der Waals surface area contributed by atoms with E-state index in [9.17, 15) is 4.79 Å². The van der Waals surface area contributed by atoms with Crippen molar-refractivity contribution in [3.63, 3.8) is 0 Å². The van der Waals surface area contributed by atoms with Crippen molar-refractivity contribution in [1.82, 2.24) is 25.5 Å². The number of benzene rings is 1. The van der Waals surface area contributed by atoms with E-state index in [1.165, 1.54) is 32.0 Å². The highest BCUT2D eigenvalue weighted by Gasteiger charge is 2.39. The number of amides is 1. The zero-order valence-electron chi connectivity index (χ0n) is 13.7. The lowest BCUT2D eigenvalue weighted by atomic mass is 9.89. The Kier molecular flexibility index (Phi) is 4.28. The molecule has 1 amide bonds. The first-order valence-electron chi connectivity index (χ1n) is 8.83. The van der Waals surface area contributed by atoms with Crippen molar-refractivity contribution in [2.75, 3.05) is 6.54 Å². The van der Waals surface area contributed by atoms with E-state index in [0.717, 1.165) is 23.9 Å². The van der Waals surface area contributed by atoms with Crippen LogP contribution in [0.15, 0.2) is 36.7 Å². The third-order valence-electron chi connectivity index (χ3n) is 5.68. The molecule has 2 saturated carbocycles. The Bertz CT molecular complexity index is 672. The highest BCUT2D eigenvalue weighted by molar-refractivity contribution is 5.80. The van der Waals surface area contributed by atoms with Gasteiger partial charge in [0, 0.05) is 13.0 Å². The number of carbonyl (C=O) groups excluding carboxylic acids is 1. The van der Waals surface area contributed by atoms with E-state index in [-0.39, 0.29) is 5.91 Å². The topological polar surface area (TPSA) is 72.7 Å². The molecule has 6 nitrogen and oxygen atoms in total. The van der Waals surface area contributed by atoms with Crippen LogP contribution in [0, 0.1) is 17.8 Å². The number of carbonyl (C=O) groups is 1. The molecule has 0 radical (unpaired) electrons. The van der Waals surface area contributed by atoms with E-state index in [2.05, 4.69) is 20.8 Å². The van der Waals surface area contributed by atoms with Crippen molar-refractivity contribution in [3.05, 3.63) is 42.2 Å². The monoisotopic (exact) mass is 325 g/mol. The molecule has 4 atom stereocenters. The van der Waals surface area contributed by atoms with Crippen LogP contribution in [0.2, 0.25) is 0 Å². The Balaban J connectivity index is 1.41. The van der Waals surface area contributed by atoms with E-state index in [1.54, 1.807) is 4.68 Å². The molecule has 0 unspecified atom stereocenters. The summed E-state index contributed by atoms with van der Waals surface area (Å²) in [5, 5.41) is 14.5. The average molecular weight is 325 g/mol. The lowest BCUT2D eigenvalue weighted by Crippen LogP contribution is -2.38. The summed E-state index contributed by atoms with van der Waals surface area (Å²) in [5.74, 6) is 2.38. The predicted molar refractivity (Wildman–Crippen MR) is 88.9 cm³/mol. The number of tetrazole rings is 1. The van der Waals surface area contributed by atoms with Gasteiger partial charge in [-0.1, -0.05) is 36.8 Å². The zero-order valence-corrected chi connectivity index (χ0v) is 13.7. The van der Waals surface area contributed by atoms with E-state index in [4.69, 9.17) is 0 Å². The van der Waals surface area contributed by atoms with Crippen LogP contribution in [-0.4, -0.2) is 32.7 Å². The fraction of sp³-hybridized carbons (Fsp3) is 0.556. The fourth-order valence-electron chi connectivity index (χ4n) is 4.43. The minimum atomic E-state index is -0.402. The quantitative estimate of drug-likeness (QED) is 0.882. The lowest BCUT2D eigenvalue weighted by Gasteiger charge is -2.23. The van der Waals surface area contributed by atoms with E-state index < -0.39 is 6.04 Å². The summed E-state index contributed by atoms with van der Waals surface area (Å²) in [5.41, 5.74) is 1.10. The van der Waals surface area contributed by atoms with Crippen molar-refractivity contribution in [2.45, 2.75) is 38.1 Å². The second kappa shape index (κ2) is 6.71. The first kappa shape index (κ1) is 15.3. The molecule has 2 bridgehead atoms. The van der Waals surface area contributed by atoms with Gasteiger partial charge in [-0.05, 0) is 53.0 Å². The van der Waals surface area contributed by atoms with Gasteiger partial charge in [0.2, 0.25) is 5.91 Å². The van der Waals surface area contributed by atoms with Crippen LogP contribution in [0.3, 0.4) is 0 Å². The summed E-state index contributed by atoms with van der Waals surface area (Å²) in [6, 6.07) is 9.60. The number of rotatable bonds is 6. The summed E-state index contributed by atoms with van der Waals surface area (Å²) >= 11 is 0. The van der Waals surface area contributed by atoms with E-state index >= 15 is 0 Å². The molecule has 2 aliphatic carbocycles. The molecule has 1 N–H and O–H groups in total. The molecular formula is C18H23N5O. The minimum Gasteiger partial charge on any atom is -0.354 e. The van der Waals surface area contributed by atoms with Gasteiger partial charge in [-0.25, -0.2) is 4.68 Å². The van der Waals surface area contributed by atoms with Gasteiger partial charge in [0.1, 0.15) is 12.4 Å². The van der Waals surface area contributed by atoms with Crippen molar-refractivity contribution in [1.29, 1.82) is 0 Å². The molecule has 1 aromatic carbocycles. The maximum absolute atomic E-state index is 12.8. The normalized spacial score (nSPS) is 26.4. The third kappa shape index (κ3) is 3.18. The maximum Gasteiger partial charge on any atom is 0.245 e. The lowest BCUT2D eigenvalue weighted by molar-refractivity contribution is -0.124. The molecule has 126 valence electrons. The van der Waals surface area contributed by atoms with Crippen molar-refractivity contribution < 1.29 is 4.79 Å². The Morgan fingerprint density at radius 2 is 2.12 bits per heavy atom. The van der Waals surface area contributed by atoms with Gasteiger partial charge in [-0.3, -0.25) is 4.79 Å². The largest absolute Gasteiger partial charge is 0.354 e. The van der Waals surface area contributed by atoms with Gasteiger partial charge in [0.05, 0.1) is 0 Å². The van der Waals surface area contributed by atoms with Crippen LogP contribution in [0.1, 0.15) is 37.3 Å². The molecule has 2 aromatic rings. The third-order valence-corrected chi connectivity index (χ3v) is 5.68. The maximum atomic E-state index is 12.8. The summed E-state index contributed by atoms with van der Waals surface area (Å²) in [4.78, 5) is 12.8. The highest BCUT2D eigenvalue weighted by Crippen LogP contribution is 2.47. The van der Waals surface area contributed by atoms with Crippen molar-refractivity contribution >= 4 is 5.91 Å². The Hall–Kier alpha value is -2.24. The van der Waals surface area contributed by atoms with Gasteiger partial charge >= 0.3 is 0 Å². The summed E-state index contributed by atoms with van der Waals surface area (Å²) < 4.78 is 1.56. The zero-order chi connectivity index (χ0) is 16.4. The van der Waals surface area contributed by atoms with Crippen molar-refractivity contribution in [3.8, 4) is 0 Å². The predicted octanol–water partition coefficient (Wildman–Crippen LogP) is 2.01. The van der Waals surface area contributed by atoms with Crippen LogP contribution < -0.4 is 5.32 Å². The Labute approximate surface area is 141 Å². The smallest absolute Gasteiger partial charge is 0.245 e. The van der Waals surface area contributed by atoms with E-state index in [0.29, 0.717) is 12.3 Å². The Morgan fingerprint density at radius 3 is 2.79 bits per heavy atom. The van der Waals surface area contributed by atoms with Crippen LogP contribution in [0.25, 0.3) is 0 Å². The molecule has 1 aromatic heterocycles. The molecule has 2 fully saturated rings. The van der Waals surface area contributed by atoms with E-state index in [1.807, 2.05) is 30.3 Å². The van der Waals surface area contributed by atoms with Gasteiger partial charge in [0.25, 0.3) is 0 Å². The summed E-state index contributed by atoms with van der Waals surface area (Å²) in [6.07, 6.45) is 7.47. The SMILES string of the molecule is O=C(NC[C@@H]1C[C@H]2CC[C@H]1C2)[C@H](Cc1ccccc1)n1cnnn1. The van der Waals surface area contributed by atoms with Gasteiger partial charge < -0.3 is 5.32 Å². The number of nitrogens with zero attached hydrogens (tertiary/aromatic N) is 4. The summed E-state index contributed by atoms with van der Waals surface area (Å²) in [7, 11) is 0. The molecule has 1 heterocycles. The molecule has 0 aliphatic heterocycles. The second-order valence-corrected chi connectivity index (χ2v) is 7.18. The fourth-order valence-corrected chi connectivity index (χ4v) is 4.43.